The molecule has 3 heterocycles. The van der Waals surface area contributed by atoms with Crippen LogP contribution < -0.4 is 4.90 Å². The molecule has 0 bridgehead atoms. The minimum Gasteiger partial charge on any atom is -0.307 e. The van der Waals surface area contributed by atoms with Crippen LogP contribution in [-0.4, -0.2) is 40.2 Å². The Kier molecular flexibility index (Phi) is 3.35. The van der Waals surface area contributed by atoms with Crippen LogP contribution in [0, 0.1) is 0 Å². The molecule has 0 atom stereocenters. The Labute approximate surface area is 116 Å². The molecule has 2 aromatic heterocycles. The molecule has 0 saturated carbocycles. The number of amides is 1. The summed E-state index contributed by atoms with van der Waals surface area (Å²) in [5.74, 6) is 0.148. The number of piperazine rings is 1. The smallest absolute Gasteiger partial charge is 0.241 e. The molecule has 0 unspecified atom stereocenters. The lowest BCUT2D eigenvalue weighted by Gasteiger charge is -2.33. The highest BCUT2D eigenvalue weighted by atomic mass is 32.1. The van der Waals surface area contributed by atoms with E-state index in [1.165, 1.54) is 5.56 Å². The predicted molar refractivity (Wildman–Crippen MR) is 75.2 cm³/mol. The van der Waals surface area contributed by atoms with Crippen molar-refractivity contribution in [2.45, 2.75) is 6.54 Å². The van der Waals surface area contributed by atoms with Gasteiger partial charge in [-0.2, -0.15) is 16.4 Å². The van der Waals surface area contributed by atoms with Crippen molar-refractivity contribution in [3.63, 3.8) is 0 Å². The van der Waals surface area contributed by atoms with Crippen LogP contribution in [0.1, 0.15) is 5.56 Å². The fourth-order valence-electron chi connectivity index (χ4n) is 2.32. The molecule has 3 rings (SSSR count). The Hall–Kier alpha value is -1.66. The third-order valence-electron chi connectivity index (χ3n) is 3.29. The maximum Gasteiger partial charge on any atom is 0.241 e. The summed E-state index contributed by atoms with van der Waals surface area (Å²) >= 11 is 1.70. The third kappa shape index (κ3) is 2.69. The Morgan fingerprint density at radius 1 is 1.42 bits per heavy atom. The first-order valence-corrected chi connectivity index (χ1v) is 7.19. The number of thiophene rings is 1. The molecule has 1 fully saturated rings. The summed E-state index contributed by atoms with van der Waals surface area (Å²) in [6, 6.07) is 2.11. The number of rotatable bonds is 3. The molecule has 6 heteroatoms. The lowest BCUT2D eigenvalue weighted by molar-refractivity contribution is -0.121. The van der Waals surface area contributed by atoms with Gasteiger partial charge in [0, 0.05) is 32.9 Å². The minimum atomic E-state index is 0.148. The van der Waals surface area contributed by atoms with Crippen molar-refractivity contribution >= 4 is 22.9 Å². The fraction of sp³-hybridized carbons (Fsp3) is 0.385. The van der Waals surface area contributed by atoms with E-state index < -0.39 is 0 Å². The lowest BCUT2D eigenvalue weighted by Crippen LogP contribution is -2.50. The number of carbonyl (C=O) groups is 1. The van der Waals surface area contributed by atoms with Crippen LogP contribution in [0.4, 0.5) is 5.69 Å². The van der Waals surface area contributed by atoms with Crippen molar-refractivity contribution in [2.24, 2.45) is 7.05 Å². The molecule has 0 spiro atoms. The largest absolute Gasteiger partial charge is 0.307 e. The molecule has 1 saturated heterocycles. The molecule has 0 aromatic carbocycles. The number of aryl methyl sites for hydroxylation is 1. The summed E-state index contributed by atoms with van der Waals surface area (Å²) in [6.45, 7) is 2.96. The number of hydrogen-bond acceptors (Lipinski definition) is 4. The van der Waals surface area contributed by atoms with Gasteiger partial charge in [0.1, 0.15) is 0 Å². The van der Waals surface area contributed by atoms with Crippen molar-refractivity contribution in [1.82, 2.24) is 14.7 Å². The monoisotopic (exact) mass is 276 g/mol. The van der Waals surface area contributed by atoms with Crippen LogP contribution in [0.25, 0.3) is 0 Å². The molecular weight excluding hydrogens is 260 g/mol. The van der Waals surface area contributed by atoms with Gasteiger partial charge in [-0.05, 0) is 22.4 Å². The molecule has 100 valence electrons. The lowest BCUT2D eigenvalue weighted by atomic mass is 10.2. The van der Waals surface area contributed by atoms with Gasteiger partial charge in [-0.25, -0.2) is 0 Å². The topological polar surface area (TPSA) is 41.4 Å². The Morgan fingerprint density at radius 2 is 2.32 bits per heavy atom. The number of nitrogens with zero attached hydrogens (tertiary/aromatic N) is 4. The average molecular weight is 276 g/mol. The summed E-state index contributed by atoms with van der Waals surface area (Å²) < 4.78 is 1.72. The van der Waals surface area contributed by atoms with Crippen molar-refractivity contribution in [1.29, 1.82) is 0 Å². The second kappa shape index (κ2) is 5.14. The first-order chi connectivity index (χ1) is 9.22. The van der Waals surface area contributed by atoms with Gasteiger partial charge in [0.2, 0.25) is 5.91 Å². The maximum absolute atomic E-state index is 12.2. The minimum absolute atomic E-state index is 0.148. The molecule has 1 aliphatic heterocycles. The van der Waals surface area contributed by atoms with Crippen molar-refractivity contribution in [3.8, 4) is 0 Å². The van der Waals surface area contributed by atoms with Gasteiger partial charge in [0.25, 0.3) is 0 Å². The van der Waals surface area contributed by atoms with Crippen molar-refractivity contribution in [2.75, 3.05) is 24.5 Å². The molecule has 5 nitrogen and oxygen atoms in total. The number of anilines is 1. The Balaban J connectivity index is 1.64. The SMILES string of the molecule is Cn1cc(N2CCN(Cc3ccsc3)CC2=O)cn1. The van der Waals surface area contributed by atoms with E-state index in [-0.39, 0.29) is 5.91 Å². The van der Waals surface area contributed by atoms with E-state index >= 15 is 0 Å². The zero-order valence-corrected chi connectivity index (χ0v) is 11.6. The number of aromatic nitrogens is 2. The highest BCUT2D eigenvalue weighted by Gasteiger charge is 2.25. The number of carbonyl (C=O) groups excluding carboxylic acids is 1. The highest BCUT2D eigenvalue weighted by Crippen LogP contribution is 2.17. The molecule has 19 heavy (non-hydrogen) atoms. The Bertz CT molecular complexity index is 563. The second-order valence-corrected chi connectivity index (χ2v) is 5.54. The molecule has 0 radical (unpaired) electrons. The van der Waals surface area contributed by atoms with E-state index in [1.54, 1.807) is 22.2 Å². The summed E-state index contributed by atoms with van der Waals surface area (Å²) in [7, 11) is 1.86. The van der Waals surface area contributed by atoms with Crippen LogP contribution in [0.5, 0.6) is 0 Å². The second-order valence-electron chi connectivity index (χ2n) is 4.76. The number of hydrogen-bond donors (Lipinski definition) is 0. The molecule has 0 N–H and O–H groups in total. The predicted octanol–water partition coefficient (Wildman–Crippen LogP) is 1.33. The van der Waals surface area contributed by atoms with E-state index in [2.05, 4.69) is 26.8 Å². The van der Waals surface area contributed by atoms with Crippen molar-refractivity contribution < 1.29 is 4.79 Å². The van der Waals surface area contributed by atoms with Crippen LogP contribution >= 0.6 is 11.3 Å². The first kappa shape index (κ1) is 12.4. The van der Waals surface area contributed by atoms with Gasteiger partial charge in [-0.3, -0.25) is 14.4 Å². The summed E-state index contributed by atoms with van der Waals surface area (Å²) in [6.07, 6.45) is 3.62. The van der Waals surface area contributed by atoms with E-state index in [9.17, 15) is 4.79 Å². The Morgan fingerprint density at radius 3 is 2.95 bits per heavy atom. The van der Waals surface area contributed by atoms with Gasteiger partial charge >= 0.3 is 0 Å². The van der Waals surface area contributed by atoms with E-state index in [1.807, 2.05) is 18.1 Å². The molecular formula is C13H16N4OS. The standard InChI is InChI=1S/C13H16N4OS/c1-15-8-12(6-14-15)17-4-3-16(9-13(17)18)7-11-2-5-19-10-11/h2,5-6,8,10H,3-4,7,9H2,1H3. The van der Waals surface area contributed by atoms with E-state index in [0.29, 0.717) is 6.54 Å². The third-order valence-corrected chi connectivity index (χ3v) is 4.02. The van der Waals surface area contributed by atoms with E-state index in [4.69, 9.17) is 0 Å². The quantitative estimate of drug-likeness (QED) is 0.849. The van der Waals surface area contributed by atoms with E-state index in [0.717, 1.165) is 25.3 Å². The van der Waals surface area contributed by atoms with Gasteiger partial charge in [0.05, 0.1) is 18.4 Å². The first-order valence-electron chi connectivity index (χ1n) is 6.25. The van der Waals surface area contributed by atoms with Gasteiger partial charge < -0.3 is 4.90 Å². The van der Waals surface area contributed by atoms with Gasteiger partial charge in [0.15, 0.2) is 0 Å². The summed E-state index contributed by atoms with van der Waals surface area (Å²) in [4.78, 5) is 16.2. The molecule has 1 aliphatic rings. The van der Waals surface area contributed by atoms with Crippen LogP contribution in [-0.2, 0) is 18.4 Å². The van der Waals surface area contributed by atoms with Crippen LogP contribution in [0.15, 0.2) is 29.2 Å². The molecule has 0 aliphatic carbocycles. The summed E-state index contributed by atoms with van der Waals surface area (Å²) in [5, 5.41) is 8.33. The summed E-state index contributed by atoms with van der Waals surface area (Å²) in [5.41, 5.74) is 2.18. The van der Waals surface area contributed by atoms with Gasteiger partial charge in [-0.15, -0.1) is 0 Å². The van der Waals surface area contributed by atoms with Gasteiger partial charge in [-0.1, -0.05) is 0 Å². The average Bonchev–Trinajstić information content (AvgIpc) is 3.01. The maximum atomic E-state index is 12.2. The zero-order chi connectivity index (χ0) is 13.2. The normalized spacial score (nSPS) is 17.1. The highest BCUT2D eigenvalue weighted by molar-refractivity contribution is 7.07. The van der Waals surface area contributed by atoms with Crippen LogP contribution in [0.2, 0.25) is 0 Å². The molecule has 2 aromatic rings. The van der Waals surface area contributed by atoms with Crippen molar-refractivity contribution in [3.05, 3.63) is 34.8 Å². The zero-order valence-electron chi connectivity index (χ0n) is 10.8. The fourth-order valence-corrected chi connectivity index (χ4v) is 2.98. The molecule has 1 amide bonds. The van der Waals surface area contributed by atoms with Crippen LogP contribution in [0.3, 0.4) is 0 Å².